The summed E-state index contributed by atoms with van der Waals surface area (Å²) in [6.07, 6.45) is -1.10. The van der Waals surface area contributed by atoms with Gasteiger partial charge in [0, 0.05) is 5.02 Å². The Bertz CT molecular complexity index is 1300. The van der Waals surface area contributed by atoms with Gasteiger partial charge in [-0.2, -0.15) is 0 Å². The highest BCUT2D eigenvalue weighted by atomic mass is 35.5. The van der Waals surface area contributed by atoms with Crippen LogP contribution in [0, 0.1) is 6.92 Å². The number of halogens is 1. The first-order valence-electron chi connectivity index (χ1n) is 9.53. The van der Waals surface area contributed by atoms with E-state index in [2.05, 4.69) is 15.5 Å². The molecule has 0 aliphatic carbocycles. The summed E-state index contributed by atoms with van der Waals surface area (Å²) in [4.78, 5) is 31.0. The summed E-state index contributed by atoms with van der Waals surface area (Å²) in [7, 11) is 1.48. The van der Waals surface area contributed by atoms with Crippen molar-refractivity contribution in [3.05, 3.63) is 58.1 Å². The van der Waals surface area contributed by atoms with E-state index in [4.69, 9.17) is 25.6 Å². The standard InChI is InChI=1S/C22H18ClN3O5S/c1-11-19-14(10-16(18-5-4-8-32-18)25-21(19)31-26-11)22(28)30-12(2)20(27)24-15-9-13(23)6-7-17(15)29-3/h4-10,12H,1-3H3,(H,24,27). The van der Waals surface area contributed by atoms with Gasteiger partial charge < -0.3 is 19.3 Å². The van der Waals surface area contributed by atoms with Gasteiger partial charge >= 0.3 is 5.97 Å². The van der Waals surface area contributed by atoms with E-state index in [0.29, 0.717) is 33.2 Å². The quantitative estimate of drug-likeness (QED) is 0.390. The van der Waals surface area contributed by atoms with Crippen LogP contribution >= 0.6 is 22.9 Å². The van der Waals surface area contributed by atoms with E-state index in [1.165, 1.54) is 25.4 Å². The van der Waals surface area contributed by atoms with Crippen LogP contribution in [-0.2, 0) is 9.53 Å². The van der Waals surface area contributed by atoms with Crippen molar-refractivity contribution in [1.29, 1.82) is 0 Å². The van der Waals surface area contributed by atoms with Gasteiger partial charge in [0.15, 0.2) is 6.10 Å². The zero-order valence-corrected chi connectivity index (χ0v) is 18.9. The zero-order valence-electron chi connectivity index (χ0n) is 17.3. The van der Waals surface area contributed by atoms with Crippen molar-refractivity contribution < 1.29 is 23.6 Å². The number of benzene rings is 1. The Balaban J connectivity index is 1.59. The fourth-order valence-corrected chi connectivity index (χ4v) is 3.95. The average molecular weight is 472 g/mol. The summed E-state index contributed by atoms with van der Waals surface area (Å²) in [5, 5.41) is 9.35. The maximum absolute atomic E-state index is 13.0. The number of carbonyl (C=O) groups excluding carboxylic acids is 2. The minimum absolute atomic E-state index is 0.220. The van der Waals surface area contributed by atoms with Crippen molar-refractivity contribution in [3.8, 4) is 16.3 Å². The Labute approximate surface area is 192 Å². The molecule has 0 spiro atoms. The summed E-state index contributed by atoms with van der Waals surface area (Å²) in [6.45, 7) is 3.18. The number of ether oxygens (including phenoxy) is 2. The number of methoxy groups -OCH3 is 1. The Morgan fingerprint density at radius 3 is 2.78 bits per heavy atom. The number of amides is 1. The van der Waals surface area contributed by atoms with Gasteiger partial charge in [-0.1, -0.05) is 22.8 Å². The number of esters is 1. The third-order valence-corrected chi connectivity index (χ3v) is 5.81. The number of rotatable bonds is 6. The first-order chi connectivity index (χ1) is 15.4. The van der Waals surface area contributed by atoms with E-state index < -0.39 is 18.0 Å². The van der Waals surface area contributed by atoms with E-state index in [1.54, 1.807) is 31.2 Å². The first kappa shape index (κ1) is 21.8. The molecular formula is C22H18ClN3O5S. The van der Waals surface area contributed by atoms with Crippen LogP contribution in [0.15, 0.2) is 46.3 Å². The van der Waals surface area contributed by atoms with Gasteiger partial charge in [0.05, 0.1) is 40.0 Å². The van der Waals surface area contributed by atoms with Crippen molar-refractivity contribution in [2.75, 3.05) is 12.4 Å². The molecular weight excluding hydrogens is 454 g/mol. The van der Waals surface area contributed by atoms with Crippen molar-refractivity contribution in [2.45, 2.75) is 20.0 Å². The molecule has 3 aromatic heterocycles. The van der Waals surface area contributed by atoms with E-state index in [1.807, 2.05) is 17.5 Å². The number of pyridine rings is 1. The van der Waals surface area contributed by atoms with Gasteiger partial charge in [-0.05, 0) is 49.6 Å². The van der Waals surface area contributed by atoms with E-state index >= 15 is 0 Å². The van der Waals surface area contributed by atoms with Crippen LogP contribution in [0.3, 0.4) is 0 Å². The first-order valence-corrected chi connectivity index (χ1v) is 10.8. The highest BCUT2D eigenvalue weighted by Crippen LogP contribution is 2.31. The molecule has 0 aliphatic rings. The Kier molecular flexibility index (Phi) is 6.11. The zero-order chi connectivity index (χ0) is 22.8. The molecule has 1 aromatic carbocycles. The number of hydrogen-bond acceptors (Lipinski definition) is 8. The van der Waals surface area contributed by atoms with Crippen LogP contribution < -0.4 is 10.1 Å². The molecule has 164 valence electrons. The van der Waals surface area contributed by atoms with Crippen LogP contribution in [0.5, 0.6) is 5.75 Å². The number of fused-ring (bicyclic) bond motifs is 1. The fraction of sp³-hybridized carbons (Fsp3) is 0.182. The molecule has 0 bridgehead atoms. The lowest BCUT2D eigenvalue weighted by molar-refractivity contribution is -0.123. The Hall–Kier alpha value is -3.43. The molecule has 1 unspecified atom stereocenters. The van der Waals surface area contributed by atoms with E-state index in [0.717, 1.165) is 4.88 Å². The lowest BCUT2D eigenvalue weighted by Crippen LogP contribution is -2.30. The summed E-state index contributed by atoms with van der Waals surface area (Å²) in [6, 6.07) is 10.2. The van der Waals surface area contributed by atoms with Crippen molar-refractivity contribution in [1.82, 2.24) is 10.1 Å². The molecule has 4 aromatic rings. The molecule has 0 radical (unpaired) electrons. The molecule has 4 rings (SSSR count). The van der Waals surface area contributed by atoms with Crippen LogP contribution in [0.2, 0.25) is 5.02 Å². The maximum Gasteiger partial charge on any atom is 0.339 e. The molecule has 1 N–H and O–H groups in total. The Morgan fingerprint density at radius 2 is 2.06 bits per heavy atom. The van der Waals surface area contributed by atoms with Crippen molar-refractivity contribution in [2.24, 2.45) is 0 Å². The van der Waals surface area contributed by atoms with Gasteiger partial charge in [0.1, 0.15) is 5.75 Å². The molecule has 8 nitrogen and oxygen atoms in total. The summed E-state index contributed by atoms with van der Waals surface area (Å²) >= 11 is 7.48. The largest absolute Gasteiger partial charge is 0.495 e. The number of hydrogen-bond donors (Lipinski definition) is 1. The summed E-state index contributed by atoms with van der Waals surface area (Å²) < 4.78 is 16.0. The number of nitrogens with one attached hydrogen (secondary N) is 1. The van der Waals surface area contributed by atoms with Crippen LogP contribution in [0.1, 0.15) is 23.0 Å². The lowest BCUT2D eigenvalue weighted by Gasteiger charge is -2.16. The number of carbonyl (C=O) groups is 2. The molecule has 10 heteroatoms. The summed E-state index contributed by atoms with van der Waals surface area (Å²) in [5.74, 6) is -0.801. The molecule has 0 aliphatic heterocycles. The van der Waals surface area contributed by atoms with Gasteiger partial charge in [0.25, 0.3) is 11.6 Å². The molecule has 0 saturated heterocycles. The third-order valence-electron chi connectivity index (χ3n) is 4.68. The van der Waals surface area contributed by atoms with E-state index in [9.17, 15) is 9.59 Å². The second-order valence-electron chi connectivity index (χ2n) is 6.86. The molecule has 0 fully saturated rings. The second kappa shape index (κ2) is 8.97. The lowest BCUT2D eigenvalue weighted by atomic mass is 10.1. The highest BCUT2D eigenvalue weighted by molar-refractivity contribution is 7.13. The topological polar surface area (TPSA) is 104 Å². The van der Waals surface area contributed by atoms with Crippen LogP contribution in [0.4, 0.5) is 5.69 Å². The van der Waals surface area contributed by atoms with Gasteiger partial charge in [-0.15, -0.1) is 11.3 Å². The van der Waals surface area contributed by atoms with Crippen LogP contribution in [-0.4, -0.2) is 35.2 Å². The highest BCUT2D eigenvalue weighted by Gasteiger charge is 2.25. The number of thiophene rings is 1. The van der Waals surface area contributed by atoms with Crippen LogP contribution in [0.25, 0.3) is 21.7 Å². The smallest absolute Gasteiger partial charge is 0.339 e. The molecule has 3 heterocycles. The SMILES string of the molecule is COc1ccc(Cl)cc1NC(=O)C(C)OC(=O)c1cc(-c2cccs2)nc2onc(C)c12. The van der Waals surface area contributed by atoms with Gasteiger partial charge in [-0.25, -0.2) is 9.78 Å². The average Bonchev–Trinajstić information content (AvgIpc) is 3.43. The molecule has 1 amide bonds. The van der Waals surface area contributed by atoms with E-state index in [-0.39, 0.29) is 11.3 Å². The van der Waals surface area contributed by atoms with Crippen molar-refractivity contribution >= 4 is 51.6 Å². The number of aryl methyl sites for hydroxylation is 1. The number of nitrogens with zero attached hydrogens (tertiary/aromatic N) is 2. The van der Waals surface area contributed by atoms with Crippen molar-refractivity contribution in [3.63, 3.8) is 0 Å². The predicted octanol–water partition coefficient (Wildman–Crippen LogP) is 5.11. The minimum Gasteiger partial charge on any atom is -0.495 e. The molecule has 0 saturated carbocycles. The number of anilines is 1. The normalized spacial score (nSPS) is 11.9. The molecule has 1 atom stereocenters. The maximum atomic E-state index is 13.0. The fourth-order valence-electron chi connectivity index (χ4n) is 3.10. The third kappa shape index (κ3) is 4.30. The minimum atomic E-state index is -1.10. The van der Waals surface area contributed by atoms with Gasteiger partial charge in [-0.3, -0.25) is 4.79 Å². The Morgan fingerprint density at radius 1 is 1.25 bits per heavy atom. The monoisotopic (exact) mass is 471 g/mol. The second-order valence-corrected chi connectivity index (χ2v) is 8.25. The number of aromatic nitrogens is 2. The summed E-state index contributed by atoms with van der Waals surface area (Å²) in [5.41, 5.74) is 1.86. The van der Waals surface area contributed by atoms with Gasteiger partial charge in [0.2, 0.25) is 0 Å². The molecule has 32 heavy (non-hydrogen) atoms. The predicted molar refractivity (Wildman–Crippen MR) is 121 cm³/mol.